The first kappa shape index (κ1) is 14.7. The molecule has 2 rings (SSSR count). The topological polar surface area (TPSA) is 101 Å². The van der Waals surface area contributed by atoms with Crippen LogP contribution in [0.25, 0.3) is 0 Å². The van der Waals surface area contributed by atoms with E-state index in [0.717, 1.165) is 17.9 Å². The van der Waals surface area contributed by atoms with Gasteiger partial charge in [-0.15, -0.1) is 0 Å². The molecule has 0 aliphatic carbocycles. The highest BCUT2D eigenvalue weighted by atomic mass is 16.4. The van der Waals surface area contributed by atoms with Crippen molar-refractivity contribution in [3.63, 3.8) is 0 Å². The van der Waals surface area contributed by atoms with E-state index < -0.39 is 0 Å². The number of amidine groups is 1. The third-order valence-electron chi connectivity index (χ3n) is 2.98. The Morgan fingerprint density at radius 2 is 2.14 bits per heavy atom. The number of pyridine rings is 1. The van der Waals surface area contributed by atoms with E-state index >= 15 is 0 Å². The van der Waals surface area contributed by atoms with E-state index in [1.807, 2.05) is 36.9 Å². The number of rotatable bonds is 5. The Morgan fingerprint density at radius 3 is 2.81 bits per heavy atom. The van der Waals surface area contributed by atoms with Gasteiger partial charge in [-0.3, -0.25) is 4.98 Å². The van der Waals surface area contributed by atoms with E-state index in [9.17, 15) is 0 Å². The van der Waals surface area contributed by atoms with Crippen LogP contribution in [0.15, 0.2) is 35.6 Å². The molecule has 110 valence electrons. The van der Waals surface area contributed by atoms with Crippen molar-refractivity contribution in [2.45, 2.75) is 20.4 Å². The van der Waals surface area contributed by atoms with Gasteiger partial charge in [0.25, 0.3) is 0 Å². The molecule has 0 fully saturated rings. The summed E-state index contributed by atoms with van der Waals surface area (Å²) in [7, 11) is 0. The van der Waals surface area contributed by atoms with Gasteiger partial charge in [0.15, 0.2) is 5.84 Å². The van der Waals surface area contributed by atoms with Gasteiger partial charge in [-0.25, -0.2) is 9.97 Å². The second-order valence-corrected chi connectivity index (χ2v) is 4.51. The molecule has 0 radical (unpaired) electrons. The molecule has 0 unspecified atom stereocenters. The lowest BCUT2D eigenvalue weighted by Gasteiger charge is -2.20. The van der Waals surface area contributed by atoms with E-state index in [0.29, 0.717) is 18.2 Å². The molecule has 21 heavy (non-hydrogen) atoms. The van der Waals surface area contributed by atoms with Crippen LogP contribution >= 0.6 is 0 Å². The Bertz CT molecular complexity index is 643. The standard InChI is InChI=1S/C14H18N6O/c1-3-20(9-11-6-4-5-10(2)17-11)14-16-8-7-12(18-14)13(15)19-21/h4-8,21H,3,9H2,1-2H3,(H2,15,19). The predicted molar refractivity (Wildman–Crippen MR) is 80.2 cm³/mol. The normalized spacial score (nSPS) is 11.4. The summed E-state index contributed by atoms with van der Waals surface area (Å²) in [6.45, 7) is 5.28. The van der Waals surface area contributed by atoms with Gasteiger partial charge < -0.3 is 15.8 Å². The number of hydrogen-bond acceptors (Lipinski definition) is 6. The first-order valence-electron chi connectivity index (χ1n) is 6.62. The van der Waals surface area contributed by atoms with Crippen LogP contribution in [0.3, 0.4) is 0 Å². The molecule has 2 aromatic rings. The van der Waals surface area contributed by atoms with Crippen LogP contribution in [0.2, 0.25) is 0 Å². The average molecular weight is 286 g/mol. The molecule has 0 atom stereocenters. The lowest BCUT2D eigenvalue weighted by molar-refractivity contribution is 0.318. The van der Waals surface area contributed by atoms with Gasteiger partial charge in [-0.05, 0) is 32.0 Å². The van der Waals surface area contributed by atoms with Crippen LogP contribution in [-0.2, 0) is 6.54 Å². The summed E-state index contributed by atoms with van der Waals surface area (Å²) < 4.78 is 0. The average Bonchev–Trinajstić information content (AvgIpc) is 2.52. The van der Waals surface area contributed by atoms with Gasteiger partial charge in [0.1, 0.15) is 5.69 Å². The molecule has 0 amide bonds. The minimum Gasteiger partial charge on any atom is -0.409 e. The van der Waals surface area contributed by atoms with Gasteiger partial charge in [0.2, 0.25) is 5.95 Å². The number of aryl methyl sites for hydroxylation is 1. The van der Waals surface area contributed by atoms with Gasteiger partial charge in [0.05, 0.1) is 12.2 Å². The third-order valence-corrected chi connectivity index (χ3v) is 2.98. The largest absolute Gasteiger partial charge is 0.409 e. The van der Waals surface area contributed by atoms with Crippen molar-refractivity contribution >= 4 is 11.8 Å². The van der Waals surface area contributed by atoms with Gasteiger partial charge in [-0.2, -0.15) is 0 Å². The Balaban J connectivity index is 2.25. The first-order valence-corrected chi connectivity index (χ1v) is 6.62. The Kier molecular flexibility index (Phi) is 4.65. The zero-order chi connectivity index (χ0) is 15.2. The maximum Gasteiger partial charge on any atom is 0.226 e. The molecular formula is C14H18N6O. The number of nitrogens with zero attached hydrogens (tertiary/aromatic N) is 5. The fraction of sp³-hybridized carbons (Fsp3) is 0.286. The number of aromatic nitrogens is 3. The molecule has 0 saturated heterocycles. The smallest absolute Gasteiger partial charge is 0.226 e. The second kappa shape index (κ2) is 6.65. The number of oxime groups is 1. The Labute approximate surface area is 123 Å². The molecule has 0 aliphatic rings. The minimum atomic E-state index is -0.0385. The van der Waals surface area contributed by atoms with Gasteiger partial charge >= 0.3 is 0 Å². The first-order chi connectivity index (χ1) is 10.1. The zero-order valence-corrected chi connectivity index (χ0v) is 12.1. The monoisotopic (exact) mass is 286 g/mol. The van der Waals surface area contributed by atoms with Crippen molar-refractivity contribution in [3.05, 3.63) is 47.5 Å². The molecule has 7 heteroatoms. The number of nitrogens with two attached hydrogens (primary N) is 1. The van der Waals surface area contributed by atoms with Crippen molar-refractivity contribution in [2.24, 2.45) is 10.9 Å². The van der Waals surface area contributed by atoms with Crippen LogP contribution in [0.1, 0.15) is 24.0 Å². The Hall–Kier alpha value is -2.70. The van der Waals surface area contributed by atoms with Crippen LogP contribution in [0, 0.1) is 6.92 Å². The lowest BCUT2D eigenvalue weighted by atomic mass is 10.3. The lowest BCUT2D eigenvalue weighted by Crippen LogP contribution is -2.26. The maximum atomic E-state index is 8.72. The summed E-state index contributed by atoms with van der Waals surface area (Å²) in [6, 6.07) is 7.48. The molecule has 0 aromatic carbocycles. The van der Waals surface area contributed by atoms with Gasteiger partial charge in [0, 0.05) is 18.4 Å². The second-order valence-electron chi connectivity index (χ2n) is 4.51. The van der Waals surface area contributed by atoms with E-state index in [1.54, 1.807) is 12.3 Å². The maximum absolute atomic E-state index is 8.72. The predicted octanol–water partition coefficient (Wildman–Crippen LogP) is 1.30. The fourth-order valence-corrected chi connectivity index (χ4v) is 1.90. The van der Waals surface area contributed by atoms with E-state index in [2.05, 4.69) is 20.1 Å². The highest BCUT2D eigenvalue weighted by Gasteiger charge is 2.11. The molecule has 2 heterocycles. The van der Waals surface area contributed by atoms with Crippen LogP contribution in [0.5, 0.6) is 0 Å². The highest BCUT2D eigenvalue weighted by molar-refractivity contribution is 5.95. The summed E-state index contributed by atoms with van der Waals surface area (Å²) in [5, 5.41) is 11.7. The van der Waals surface area contributed by atoms with Crippen molar-refractivity contribution in [1.82, 2.24) is 15.0 Å². The van der Waals surface area contributed by atoms with E-state index in [-0.39, 0.29) is 5.84 Å². The van der Waals surface area contributed by atoms with Crippen LogP contribution in [0.4, 0.5) is 5.95 Å². The van der Waals surface area contributed by atoms with E-state index in [1.165, 1.54) is 0 Å². The quantitative estimate of drug-likeness (QED) is 0.372. The Morgan fingerprint density at radius 1 is 1.33 bits per heavy atom. The van der Waals surface area contributed by atoms with Crippen molar-refractivity contribution in [1.29, 1.82) is 0 Å². The number of anilines is 1. The fourth-order valence-electron chi connectivity index (χ4n) is 1.90. The molecule has 2 aromatic heterocycles. The highest BCUT2D eigenvalue weighted by Crippen LogP contribution is 2.11. The number of hydrogen-bond donors (Lipinski definition) is 2. The van der Waals surface area contributed by atoms with Crippen molar-refractivity contribution in [3.8, 4) is 0 Å². The van der Waals surface area contributed by atoms with Crippen LogP contribution < -0.4 is 10.6 Å². The summed E-state index contributed by atoms with van der Waals surface area (Å²) in [5.74, 6) is 0.480. The summed E-state index contributed by atoms with van der Waals surface area (Å²) in [6.07, 6.45) is 1.59. The molecule has 0 spiro atoms. The molecule has 7 nitrogen and oxygen atoms in total. The zero-order valence-electron chi connectivity index (χ0n) is 12.1. The molecule has 0 aliphatic heterocycles. The summed E-state index contributed by atoms with van der Waals surface area (Å²) >= 11 is 0. The molecular weight excluding hydrogens is 268 g/mol. The van der Waals surface area contributed by atoms with Gasteiger partial charge in [-0.1, -0.05) is 11.2 Å². The van der Waals surface area contributed by atoms with Crippen molar-refractivity contribution < 1.29 is 5.21 Å². The van der Waals surface area contributed by atoms with Crippen molar-refractivity contribution in [2.75, 3.05) is 11.4 Å². The summed E-state index contributed by atoms with van der Waals surface area (Å²) in [5.41, 5.74) is 7.85. The molecule has 0 saturated carbocycles. The van der Waals surface area contributed by atoms with Crippen LogP contribution in [-0.4, -0.2) is 32.5 Å². The third kappa shape index (κ3) is 3.65. The molecule has 3 N–H and O–H groups in total. The van der Waals surface area contributed by atoms with E-state index in [4.69, 9.17) is 10.9 Å². The summed E-state index contributed by atoms with van der Waals surface area (Å²) in [4.78, 5) is 15.0. The minimum absolute atomic E-state index is 0.0385. The SMILES string of the molecule is CCN(Cc1cccc(C)n1)c1nccc(/C(N)=N/O)n1. The molecule has 0 bridgehead atoms.